The van der Waals surface area contributed by atoms with Gasteiger partial charge in [-0.3, -0.25) is 14.4 Å². The standard InChI is InChI=1S/C10H16N2O4/c1-5(9(14)12(2)3)11-8(13)6-4-7(6)10(15)16/h5-7H,4H2,1-3H3,(H,11,13)(H,15,16). The van der Waals surface area contributed by atoms with E-state index in [2.05, 4.69) is 5.32 Å². The molecule has 1 rings (SSSR count). The van der Waals surface area contributed by atoms with Crippen LogP contribution in [0.4, 0.5) is 0 Å². The SMILES string of the molecule is CC(NC(=O)C1CC1C(=O)O)C(=O)N(C)C. The lowest BCUT2D eigenvalue weighted by Crippen LogP contribution is -2.45. The summed E-state index contributed by atoms with van der Waals surface area (Å²) in [5, 5.41) is 11.2. The number of carboxylic acids is 1. The molecule has 0 heterocycles. The normalized spacial score (nSPS) is 24.4. The number of aliphatic carboxylic acids is 1. The molecule has 0 spiro atoms. The van der Waals surface area contributed by atoms with Crippen molar-refractivity contribution < 1.29 is 19.5 Å². The molecule has 1 fully saturated rings. The van der Waals surface area contributed by atoms with Gasteiger partial charge in [0.1, 0.15) is 6.04 Å². The van der Waals surface area contributed by atoms with Gasteiger partial charge in [0.05, 0.1) is 11.8 Å². The molecule has 0 aliphatic heterocycles. The number of carbonyl (C=O) groups excluding carboxylic acids is 2. The van der Waals surface area contributed by atoms with E-state index >= 15 is 0 Å². The average molecular weight is 228 g/mol. The Hall–Kier alpha value is -1.59. The van der Waals surface area contributed by atoms with Gasteiger partial charge in [-0.25, -0.2) is 0 Å². The Bertz CT molecular complexity index is 327. The Morgan fingerprint density at radius 3 is 2.25 bits per heavy atom. The van der Waals surface area contributed by atoms with E-state index in [1.807, 2.05) is 0 Å². The van der Waals surface area contributed by atoms with E-state index in [1.165, 1.54) is 4.90 Å². The number of hydrogen-bond donors (Lipinski definition) is 2. The van der Waals surface area contributed by atoms with Crippen LogP contribution < -0.4 is 5.32 Å². The molecule has 0 radical (unpaired) electrons. The largest absolute Gasteiger partial charge is 0.481 e. The summed E-state index contributed by atoms with van der Waals surface area (Å²) in [7, 11) is 3.20. The quantitative estimate of drug-likeness (QED) is 0.666. The number of carboxylic acid groups (broad SMARTS) is 1. The zero-order valence-corrected chi connectivity index (χ0v) is 9.56. The van der Waals surface area contributed by atoms with Gasteiger partial charge in [-0.1, -0.05) is 0 Å². The molecular formula is C10H16N2O4. The second-order valence-electron chi connectivity index (χ2n) is 4.25. The number of likely N-dealkylation sites (N-methyl/N-ethyl adjacent to an activating group) is 1. The summed E-state index contributed by atoms with van der Waals surface area (Å²) in [4.78, 5) is 34.9. The summed E-state index contributed by atoms with van der Waals surface area (Å²) in [5.41, 5.74) is 0. The second kappa shape index (κ2) is 4.51. The Morgan fingerprint density at radius 2 is 1.88 bits per heavy atom. The number of nitrogens with zero attached hydrogens (tertiary/aromatic N) is 1. The minimum atomic E-state index is -0.952. The number of amides is 2. The molecule has 6 heteroatoms. The fraction of sp³-hybridized carbons (Fsp3) is 0.700. The van der Waals surface area contributed by atoms with Gasteiger partial charge in [0.25, 0.3) is 0 Å². The zero-order chi connectivity index (χ0) is 12.5. The van der Waals surface area contributed by atoms with Crippen LogP contribution in [0.15, 0.2) is 0 Å². The smallest absolute Gasteiger partial charge is 0.307 e. The first-order valence-electron chi connectivity index (χ1n) is 5.09. The third-order valence-electron chi connectivity index (χ3n) is 2.61. The Balaban J connectivity index is 2.42. The molecule has 6 nitrogen and oxygen atoms in total. The molecule has 3 unspecified atom stereocenters. The van der Waals surface area contributed by atoms with Gasteiger partial charge in [0.2, 0.25) is 11.8 Å². The van der Waals surface area contributed by atoms with Crippen molar-refractivity contribution in [2.75, 3.05) is 14.1 Å². The maximum Gasteiger partial charge on any atom is 0.307 e. The van der Waals surface area contributed by atoms with Crippen LogP contribution in [0.25, 0.3) is 0 Å². The van der Waals surface area contributed by atoms with Crippen LogP contribution in [-0.2, 0) is 14.4 Å². The van der Waals surface area contributed by atoms with Crippen LogP contribution in [0.2, 0.25) is 0 Å². The summed E-state index contributed by atoms with van der Waals surface area (Å²) < 4.78 is 0. The van der Waals surface area contributed by atoms with Crippen LogP contribution in [-0.4, -0.2) is 47.9 Å². The van der Waals surface area contributed by atoms with Crippen molar-refractivity contribution in [3.8, 4) is 0 Å². The fourth-order valence-electron chi connectivity index (χ4n) is 1.53. The lowest BCUT2D eigenvalue weighted by molar-refractivity contribution is -0.140. The molecule has 3 atom stereocenters. The van der Waals surface area contributed by atoms with Crippen molar-refractivity contribution >= 4 is 17.8 Å². The summed E-state index contributed by atoms with van der Waals surface area (Å²) in [6, 6.07) is -0.613. The van der Waals surface area contributed by atoms with Crippen LogP contribution in [0.5, 0.6) is 0 Å². The number of nitrogens with one attached hydrogen (secondary N) is 1. The molecule has 2 amide bonds. The second-order valence-corrected chi connectivity index (χ2v) is 4.25. The first kappa shape index (κ1) is 12.5. The monoisotopic (exact) mass is 228 g/mol. The van der Waals surface area contributed by atoms with Gasteiger partial charge in [-0.05, 0) is 13.3 Å². The van der Waals surface area contributed by atoms with Crippen molar-refractivity contribution in [1.82, 2.24) is 10.2 Å². The van der Waals surface area contributed by atoms with Gasteiger partial charge in [-0.2, -0.15) is 0 Å². The molecule has 0 saturated heterocycles. The molecule has 90 valence electrons. The van der Waals surface area contributed by atoms with Crippen molar-refractivity contribution in [1.29, 1.82) is 0 Å². The summed E-state index contributed by atoms with van der Waals surface area (Å²) in [6.07, 6.45) is 0.365. The van der Waals surface area contributed by atoms with Crippen molar-refractivity contribution in [3.63, 3.8) is 0 Å². The maximum absolute atomic E-state index is 11.5. The molecule has 1 saturated carbocycles. The van der Waals surface area contributed by atoms with Gasteiger partial charge in [-0.15, -0.1) is 0 Å². The molecule has 16 heavy (non-hydrogen) atoms. The fourth-order valence-corrected chi connectivity index (χ4v) is 1.53. The molecule has 0 bridgehead atoms. The molecule has 1 aliphatic carbocycles. The average Bonchev–Trinajstić information content (AvgIpc) is 2.95. The van der Waals surface area contributed by atoms with Gasteiger partial charge >= 0.3 is 5.97 Å². The van der Waals surface area contributed by atoms with E-state index in [4.69, 9.17) is 5.11 Å². The Labute approximate surface area is 93.6 Å². The highest BCUT2D eigenvalue weighted by Gasteiger charge is 2.48. The van der Waals surface area contributed by atoms with Gasteiger partial charge < -0.3 is 15.3 Å². The minimum absolute atomic E-state index is 0.208. The first-order valence-corrected chi connectivity index (χ1v) is 5.09. The number of hydrogen-bond acceptors (Lipinski definition) is 3. The lowest BCUT2D eigenvalue weighted by Gasteiger charge is -2.17. The van der Waals surface area contributed by atoms with Crippen molar-refractivity contribution in [2.24, 2.45) is 11.8 Å². The molecule has 0 aromatic rings. The topological polar surface area (TPSA) is 86.7 Å². The van der Waals surface area contributed by atoms with Gasteiger partial charge in [0.15, 0.2) is 0 Å². The predicted molar refractivity (Wildman–Crippen MR) is 55.5 cm³/mol. The molecule has 0 aromatic carbocycles. The minimum Gasteiger partial charge on any atom is -0.481 e. The Kier molecular flexibility index (Phi) is 3.51. The van der Waals surface area contributed by atoms with Crippen molar-refractivity contribution in [2.45, 2.75) is 19.4 Å². The highest BCUT2D eigenvalue weighted by molar-refractivity contribution is 5.92. The van der Waals surface area contributed by atoms with Crippen LogP contribution in [0.3, 0.4) is 0 Å². The predicted octanol–water partition coefficient (Wildman–Crippen LogP) is -0.700. The van der Waals surface area contributed by atoms with Crippen molar-refractivity contribution in [3.05, 3.63) is 0 Å². The number of rotatable bonds is 4. The van der Waals surface area contributed by atoms with Crippen LogP contribution in [0.1, 0.15) is 13.3 Å². The zero-order valence-electron chi connectivity index (χ0n) is 9.56. The van der Waals surface area contributed by atoms with E-state index in [9.17, 15) is 14.4 Å². The van der Waals surface area contributed by atoms with Crippen LogP contribution in [0, 0.1) is 11.8 Å². The summed E-state index contributed by atoms with van der Waals surface area (Å²) >= 11 is 0. The summed E-state index contributed by atoms with van der Waals surface area (Å²) in [6.45, 7) is 1.58. The molecule has 0 aromatic heterocycles. The van der Waals surface area contributed by atoms with E-state index in [0.717, 1.165) is 0 Å². The molecular weight excluding hydrogens is 212 g/mol. The van der Waals surface area contributed by atoms with Gasteiger partial charge in [0, 0.05) is 14.1 Å². The molecule has 1 aliphatic rings. The van der Waals surface area contributed by atoms with E-state index in [0.29, 0.717) is 6.42 Å². The third-order valence-corrected chi connectivity index (χ3v) is 2.61. The molecule has 2 N–H and O–H groups in total. The highest BCUT2D eigenvalue weighted by Crippen LogP contribution is 2.38. The highest BCUT2D eigenvalue weighted by atomic mass is 16.4. The Morgan fingerprint density at radius 1 is 1.31 bits per heavy atom. The summed E-state index contributed by atoms with van der Waals surface area (Å²) in [5.74, 6) is -2.57. The van der Waals surface area contributed by atoms with E-state index in [1.54, 1.807) is 21.0 Å². The van der Waals surface area contributed by atoms with Crippen LogP contribution >= 0.6 is 0 Å². The third kappa shape index (κ3) is 2.71. The maximum atomic E-state index is 11.5. The first-order chi connectivity index (χ1) is 7.34. The van der Waals surface area contributed by atoms with E-state index < -0.39 is 23.8 Å². The number of carbonyl (C=O) groups is 3. The van der Waals surface area contributed by atoms with E-state index in [-0.39, 0.29) is 11.8 Å². The lowest BCUT2D eigenvalue weighted by atomic mass is 10.2.